The first kappa shape index (κ1) is 15.5. The van der Waals surface area contributed by atoms with Gasteiger partial charge in [0.2, 0.25) is 0 Å². The Balaban J connectivity index is 2.02. The summed E-state index contributed by atoms with van der Waals surface area (Å²) in [6, 6.07) is 10.4. The van der Waals surface area contributed by atoms with Gasteiger partial charge in [-0.25, -0.2) is 0 Å². The third-order valence-corrected chi connectivity index (χ3v) is 4.22. The van der Waals surface area contributed by atoms with Crippen LogP contribution in [0.1, 0.15) is 50.8 Å². The number of rotatable bonds is 8. The van der Waals surface area contributed by atoms with Crippen LogP contribution in [0, 0.1) is 5.92 Å². The highest BCUT2D eigenvalue weighted by molar-refractivity contribution is 5.25. The molecule has 20 heavy (non-hydrogen) atoms. The molecule has 1 aromatic carbocycles. The van der Waals surface area contributed by atoms with E-state index in [2.05, 4.69) is 62.3 Å². The Kier molecular flexibility index (Phi) is 5.62. The van der Waals surface area contributed by atoms with Gasteiger partial charge in [0.15, 0.2) is 0 Å². The molecule has 1 aliphatic rings. The molecule has 0 aliphatic heterocycles. The van der Waals surface area contributed by atoms with Crippen LogP contribution in [0.3, 0.4) is 0 Å². The van der Waals surface area contributed by atoms with Crippen LogP contribution in [-0.2, 0) is 6.42 Å². The van der Waals surface area contributed by atoms with E-state index in [0.717, 1.165) is 24.9 Å². The van der Waals surface area contributed by atoms with Crippen LogP contribution >= 0.6 is 0 Å². The van der Waals surface area contributed by atoms with Crippen molar-refractivity contribution in [3.63, 3.8) is 0 Å². The van der Waals surface area contributed by atoms with Crippen molar-refractivity contribution < 1.29 is 0 Å². The fraction of sp³-hybridized carbons (Fsp3) is 0.667. The van der Waals surface area contributed by atoms with Gasteiger partial charge in [-0.05, 0) is 43.4 Å². The van der Waals surface area contributed by atoms with Crippen LogP contribution in [0.25, 0.3) is 0 Å². The highest BCUT2D eigenvalue weighted by Crippen LogP contribution is 2.29. The van der Waals surface area contributed by atoms with E-state index in [1.165, 1.54) is 30.5 Å². The van der Waals surface area contributed by atoms with E-state index in [1.807, 2.05) is 0 Å². The smallest absolute Gasteiger partial charge is 0.0446 e. The Labute approximate surface area is 124 Å². The quantitative estimate of drug-likeness (QED) is 0.779. The summed E-state index contributed by atoms with van der Waals surface area (Å²) in [4.78, 5) is 2.68. The van der Waals surface area contributed by atoms with Gasteiger partial charge >= 0.3 is 0 Å². The molecular weight excluding hydrogens is 244 g/mol. The largest absolute Gasteiger partial charge is 0.312 e. The lowest BCUT2D eigenvalue weighted by Gasteiger charge is -2.29. The third-order valence-electron chi connectivity index (χ3n) is 4.22. The molecule has 1 aliphatic carbocycles. The molecule has 1 N–H and O–H groups in total. The van der Waals surface area contributed by atoms with E-state index >= 15 is 0 Å². The second kappa shape index (κ2) is 7.24. The summed E-state index contributed by atoms with van der Waals surface area (Å²) in [6.45, 7) is 9.20. The molecule has 1 aromatic rings. The number of nitrogens with one attached hydrogen (secondary N) is 1. The molecule has 2 rings (SSSR count). The third kappa shape index (κ3) is 4.32. The molecule has 1 atom stereocenters. The first-order valence-electron chi connectivity index (χ1n) is 8.14. The highest BCUT2D eigenvalue weighted by Gasteiger charge is 2.30. The van der Waals surface area contributed by atoms with E-state index in [4.69, 9.17) is 0 Å². The monoisotopic (exact) mass is 274 g/mol. The zero-order valence-electron chi connectivity index (χ0n) is 13.5. The SMILES string of the molecule is CCc1ccc(C(CN(CC(C)C)C2CC2)NC)cc1. The van der Waals surface area contributed by atoms with Crippen molar-refractivity contribution in [2.24, 2.45) is 5.92 Å². The van der Waals surface area contributed by atoms with Crippen molar-refractivity contribution in [3.8, 4) is 0 Å². The summed E-state index contributed by atoms with van der Waals surface area (Å²) >= 11 is 0. The summed E-state index contributed by atoms with van der Waals surface area (Å²) in [6.07, 6.45) is 3.89. The molecule has 2 heteroatoms. The topological polar surface area (TPSA) is 15.3 Å². The Morgan fingerprint density at radius 1 is 1.15 bits per heavy atom. The molecule has 0 heterocycles. The zero-order valence-corrected chi connectivity index (χ0v) is 13.5. The van der Waals surface area contributed by atoms with Crippen molar-refractivity contribution in [2.75, 3.05) is 20.1 Å². The van der Waals surface area contributed by atoms with Gasteiger partial charge in [0.1, 0.15) is 0 Å². The van der Waals surface area contributed by atoms with E-state index in [0.29, 0.717) is 6.04 Å². The molecule has 2 nitrogen and oxygen atoms in total. The molecule has 1 saturated carbocycles. The lowest BCUT2D eigenvalue weighted by Crippen LogP contribution is -2.37. The number of hydrogen-bond donors (Lipinski definition) is 1. The molecule has 0 spiro atoms. The van der Waals surface area contributed by atoms with Gasteiger partial charge in [-0.15, -0.1) is 0 Å². The highest BCUT2D eigenvalue weighted by atomic mass is 15.2. The molecule has 1 fully saturated rings. The van der Waals surface area contributed by atoms with Crippen molar-refractivity contribution >= 4 is 0 Å². The lowest BCUT2D eigenvalue weighted by molar-refractivity contribution is 0.212. The predicted molar refractivity (Wildman–Crippen MR) is 87.1 cm³/mol. The number of likely N-dealkylation sites (N-methyl/N-ethyl adjacent to an activating group) is 1. The molecular formula is C18H30N2. The number of nitrogens with zero attached hydrogens (tertiary/aromatic N) is 1. The molecule has 0 saturated heterocycles. The van der Waals surface area contributed by atoms with Crippen LogP contribution in [0.5, 0.6) is 0 Å². The van der Waals surface area contributed by atoms with Gasteiger partial charge in [-0.2, -0.15) is 0 Å². The summed E-state index contributed by atoms with van der Waals surface area (Å²) in [5.41, 5.74) is 2.84. The fourth-order valence-electron chi connectivity index (χ4n) is 2.86. The minimum Gasteiger partial charge on any atom is -0.312 e. The molecule has 112 valence electrons. The maximum Gasteiger partial charge on any atom is 0.0446 e. The van der Waals surface area contributed by atoms with Gasteiger partial charge in [-0.3, -0.25) is 4.90 Å². The van der Waals surface area contributed by atoms with Crippen LogP contribution in [0.15, 0.2) is 24.3 Å². The van der Waals surface area contributed by atoms with E-state index in [9.17, 15) is 0 Å². The number of benzene rings is 1. The fourth-order valence-corrected chi connectivity index (χ4v) is 2.86. The molecule has 0 bridgehead atoms. The van der Waals surface area contributed by atoms with Crippen molar-refractivity contribution in [3.05, 3.63) is 35.4 Å². The van der Waals surface area contributed by atoms with E-state index < -0.39 is 0 Å². The first-order chi connectivity index (χ1) is 9.63. The van der Waals surface area contributed by atoms with E-state index in [-0.39, 0.29) is 0 Å². The molecule has 0 aromatic heterocycles. The second-order valence-corrected chi connectivity index (χ2v) is 6.52. The summed E-state index contributed by atoms with van der Waals surface area (Å²) in [5.74, 6) is 0.746. The standard InChI is InChI=1S/C18H30N2/c1-5-15-6-8-16(9-7-15)18(19-4)13-20(12-14(2)3)17-10-11-17/h6-9,14,17-19H,5,10-13H2,1-4H3. The summed E-state index contributed by atoms with van der Waals surface area (Å²) in [5, 5.41) is 3.50. The molecule has 0 amide bonds. The predicted octanol–water partition coefficient (Wildman–Crippen LogP) is 3.63. The zero-order chi connectivity index (χ0) is 14.5. The minimum atomic E-state index is 0.445. The Morgan fingerprint density at radius 3 is 2.25 bits per heavy atom. The van der Waals surface area contributed by atoms with Crippen molar-refractivity contribution in [1.29, 1.82) is 0 Å². The summed E-state index contributed by atoms with van der Waals surface area (Å²) < 4.78 is 0. The Morgan fingerprint density at radius 2 is 1.80 bits per heavy atom. The van der Waals surface area contributed by atoms with Gasteiger partial charge in [0.05, 0.1) is 0 Å². The van der Waals surface area contributed by atoms with Crippen LogP contribution < -0.4 is 5.32 Å². The van der Waals surface area contributed by atoms with E-state index in [1.54, 1.807) is 0 Å². The normalized spacial score (nSPS) is 16.9. The van der Waals surface area contributed by atoms with Crippen molar-refractivity contribution in [1.82, 2.24) is 10.2 Å². The first-order valence-corrected chi connectivity index (χ1v) is 8.14. The van der Waals surface area contributed by atoms with Gasteiger partial charge in [0.25, 0.3) is 0 Å². The molecule has 0 radical (unpaired) electrons. The maximum atomic E-state index is 3.50. The molecule has 1 unspecified atom stereocenters. The Bertz CT molecular complexity index is 392. The lowest BCUT2D eigenvalue weighted by atomic mass is 10.0. The Hall–Kier alpha value is -0.860. The van der Waals surface area contributed by atoms with Gasteiger partial charge in [-0.1, -0.05) is 45.0 Å². The van der Waals surface area contributed by atoms with Gasteiger partial charge in [0, 0.05) is 25.2 Å². The maximum absolute atomic E-state index is 3.50. The second-order valence-electron chi connectivity index (χ2n) is 6.52. The number of hydrogen-bond acceptors (Lipinski definition) is 2. The number of aryl methyl sites for hydroxylation is 1. The minimum absolute atomic E-state index is 0.445. The summed E-state index contributed by atoms with van der Waals surface area (Å²) in [7, 11) is 2.08. The van der Waals surface area contributed by atoms with Gasteiger partial charge < -0.3 is 5.32 Å². The van der Waals surface area contributed by atoms with Crippen molar-refractivity contribution in [2.45, 2.75) is 52.1 Å². The average Bonchev–Trinajstić information content (AvgIpc) is 3.28. The average molecular weight is 274 g/mol. The van der Waals surface area contributed by atoms with Crippen LogP contribution in [0.4, 0.5) is 0 Å². The van der Waals surface area contributed by atoms with Crippen LogP contribution in [-0.4, -0.2) is 31.1 Å². The van der Waals surface area contributed by atoms with Crippen LogP contribution in [0.2, 0.25) is 0 Å².